The lowest BCUT2D eigenvalue weighted by Crippen LogP contribution is -2.29. The SMILES string of the molecule is O=C(NNc1cccc(O)c1)c1ccc(Cl)c(Cl)c1. The van der Waals surface area contributed by atoms with Gasteiger partial charge in [0, 0.05) is 11.6 Å². The highest BCUT2D eigenvalue weighted by molar-refractivity contribution is 6.42. The molecule has 0 aliphatic carbocycles. The first kappa shape index (κ1) is 13.5. The van der Waals surface area contributed by atoms with Crippen molar-refractivity contribution in [2.24, 2.45) is 0 Å². The number of hydrogen-bond donors (Lipinski definition) is 3. The lowest BCUT2D eigenvalue weighted by Gasteiger charge is -2.09. The zero-order valence-electron chi connectivity index (χ0n) is 9.65. The standard InChI is InChI=1S/C13H10Cl2N2O2/c14-11-5-4-8(6-12(11)15)13(19)17-16-9-2-1-3-10(18)7-9/h1-7,16,18H,(H,17,19). The maximum Gasteiger partial charge on any atom is 0.269 e. The van der Waals surface area contributed by atoms with Crippen molar-refractivity contribution in [1.82, 2.24) is 5.43 Å². The van der Waals surface area contributed by atoms with Gasteiger partial charge in [-0.25, -0.2) is 0 Å². The minimum absolute atomic E-state index is 0.105. The van der Waals surface area contributed by atoms with E-state index in [1.165, 1.54) is 18.2 Å². The van der Waals surface area contributed by atoms with Gasteiger partial charge in [-0.15, -0.1) is 0 Å². The molecule has 3 N–H and O–H groups in total. The summed E-state index contributed by atoms with van der Waals surface area (Å²) in [5.41, 5.74) is 6.11. The Morgan fingerprint density at radius 1 is 1.05 bits per heavy atom. The van der Waals surface area contributed by atoms with Crippen molar-refractivity contribution in [3.63, 3.8) is 0 Å². The Balaban J connectivity index is 2.03. The van der Waals surface area contributed by atoms with E-state index >= 15 is 0 Å². The number of amides is 1. The molecule has 0 saturated carbocycles. The number of carbonyl (C=O) groups excluding carboxylic acids is 1. The van der Waals surface area contributed by atoms with Gasteiger partial charge in [-0.3, -0.25) is 15.6 Å². The zero-order valence-corrected chi connectivity index (χ0v) is 11.2. The van der Waals surface area contributed by atoms with E-state index in [2.05, 4.69) is 10.9 Å². The van der Waals surface area contributed by atoms with Crippen molar-refractivity contribution in [1.29, 1.82) is 0 Å². The number of benzene rings is 2. The van der Waals surface area contributed by atoms with Crippen LogP contribution in [0.5, 0.6) is 5.75 Å². The average molecular weight is 297 g/mol. The molecule has 0 radical (unpaired) electrons. The van der Waals surface area contributed by atoms with Gasteiger partial charge in [0.05, 0.1) is 15.7 Å². The van der Waals surface area contributed by atoms with Gasteiger partial charge in [-0.2, -0.15) is 0 Å². The quantitative estimate of drug-likeness (QED) is 0.760. The molecule has 0 bridgehead atoms. The van der Waals surface area contributed by atoms with Crippen LogP contribution in [0.15, 0.2) is 42.5 Å². The van der Waals surface area contributed by atoms with E-state index in [9.17, 15) is 9.90 Å². The molecule has 0 spiro atoms. The number of aromatic hydroxyl groups is 1. The van der Waals surface area contributed by atoms with Gasteiger partial charge in [0.1, 0.15) is 5.75 Å². The van der Waals surface area contributed by atoms with Crippen molar-refractivity contribution in [3.8, 4) is 5.75 Å². The summed E-state index contributed by atoms with van der Waals surface area (Å²) in [6.07, 6.45) is 0. The molecule has 0 aliphatic heterocycles. The lowest BCUT2D eigenvalue weighted by atomic mass is 10.2. The minimum Gasteiger partial charge on any atom is -0.508 e. The fourth-order valence-corrected chi connectivity index (χ4v) is 1.72. The van der Waals surface area contributed by atoms with Gasteiger partial charge in [0.2, 0.25) is 0 Å². The van der Waals surface area contributed by atoms with Crippen molar-refractivity contribution < 1.29 is 9.90 Å². The Morgan fingerprint density at radius 2 is 1.84 bits per heavy atom. The van der Waals surface area contributed by atoms with Crippen LogP contribution >= 0.6 is 23.2 Å². The second-order valence-corrected chi connectivity index (χ2v) is 4.57. The van der Waals surface area contributed by atoms with Crippen molar-refractivity contribution in [2.75, 3.05) is 5.43 Å². The van der Waals surface area contributed by atoms with E-state index in [1.807, 2.05) is 0 Å². The predicted molar refractivity (Wildman–Crippen MR) is 75.7 cm³/mol. The van der Waals surface area contributed by atoms with Crippen LogP contribution in [0.4, 0.5) is 5.69 Å². The lowest BCUT2D eigenvalue weighted by molar-refractivity contribution is 0.0962. The number of halogens is 2. The first-order chi connectivity index (χ1) is 9.06. The topological polar surface area (TPSA) is 61.4 Å². The smallest absolute Gasteiger partial charge is 0.269 e. The van der Waals surface area contributed by atoms with E-state index in [0.29, 0.717) is 21.3 Å². The number of carbonyl (C=O) groups is 1. The third-order valence-electron chi connectivity index (χ3n) is 2.35. The summed E-state index contributed by atoms with van der Waals surface area (Å²) in [5.74, 6) is -0.254. The van der Waals surface area contributed by atoms with Gasteiger partial charge in [-0.1, -0.05) is 29.3 Å². The second-order valence-electron chi connectivity index (χ2n) is 3.76. The van der Waals surface area contributed by atoms with Crippen LogP contribution in [-0.4, -0.2) is 11.0 Å². The molecule has 0 saturated heterocycles. The van der Waals surface area contributed by atoms with Crippen LogP contribution in [0.25, 0.3) is 0 Å². The Morgan fingerprint density at radius 3 is 2.53 bits per heavy atom. The molecule has 6 heteroatoms. The van der Waals surface area contributed by atoms with Crippen molar-refractivity contribution in [2.45, 2.75) is 0 Å². The summed E-state index contributed by atoms with van der Waals surface area (Å²) in [4.78, 5) is 11.8. The number of phenols is 1. The molecule has 2 aromatic rings. The molecule has 19 heavy (non-hydrogen) atoms. The fraction of sp³-hybridized carbons (Fsp3) is 0. The third-order valence-corrected chi connectivity index (χ3v) is 3.09. The molecule has 98 valence electrons. The number of phenolic OH excluding ortho intramolecular Hbond substituents is 1. The number of hydrogen-bond acceptors (Lipinski definition) is 3. The second kappa shape index (κ2) is 5.82. The Labute approximate surface area is 119 Å². The third kappa shape index (κ3) is 3.53. The number of anilines is 1. The molecule has 0 aromatic heterocycles. The molecule has 0 heterocycles. The molecule has 0 fully saturated rings. The van der Waals surface area contributed by atoms with Crippen LogP contribution in [-0.2, 0) is 0 Å². The molecule has 2 aromatic carbocycles. The Bertz CT molecular complexity index is 617. The highest BCUT2D eigenvalue weighted by atomic mass is 35.5. The Hall–Kier alpha value is -1.91. The number of nitrogens with one attached hydrogen (secondary N) is 2. The van der Waals surface area contributed by atoms with Crippen LogP contribution < -0.4 is 10.9 Å². The van der Waals surface area contributed by atoms with Gasteiger partial charge >= 0.3 is 0 Å². The average Bonchev–Trinajstić information content (AvgIpc) is 2.39. The monoisotopic (exact) mass is 296 g/mol. The van der Waals surface area contributed by atoms with Crippen LogP contribution in [0.1, 0.15) is 10.4 Å². The predicted octanol–water partition coefficient (Wildman–Crippen LogP) is 3.46. The fourth-order valence-electron chi connectivity index (χ4n) is 1.42. The van der Waals surface area contributed by atoms with Crippen LogP contribution in [0.2, 0.25) is 10.0 Å². The molecule has 2 rings (SSSR count). The summed E-state index contributed by atoms with van der Waals surface area (Å²) in [6, 6.07) is 11.0. The van der Waals surface area contributed by atoms with E-state index < -0.39 is 0 Å². The summed E-state index contributed by atoms with van der Waals surface area (Å²) in [5, 5.41) is 9.98. The first-order valence-corrected chi connectivity index (χ1v) is 6.12. The summed E-state index contributed by atoms with van der Waals surface area (Å²) >= 11 is 11.6. The van der Waals surface area contributed by atoms with Gasteiger partial charge in [0.15, 0.2) is 0 Å². The van der Waals surface area contributed by atoms with Gasteiger partial charge in [-0.05, 0) is 30.3 Å². The number of hydrazine groups is 1. The molecule has 0 atom stereocenters. The van der Waals surface area contributed by atoms with E-state index in [4.69, 9.17) is 23.2 Å². The maximum absolute atomic E-state index is 11.8. The summed E-state index contributed by atoms with van der Waals surface area (Å²) < 4.78 is 0. The highest BCUT2D eigenvalue weighted by Gasteiger charge is 2.07. The highest BCUT2D eigenvalue weighted by Crippen LogP contribution is 2.22. The van der Waals surface area contributed by atoms with E-state index in [1.54, 1.807) is 24.3 Å². The number of rotatable bonds is 3. The normalized spacial score (nSPS) is 10.0. The summed E-state index contributed by atoms with van der Waals surface area (Å²) in [6.45, 7) is 0. The molecule has 0 aliphatic rings. The largest absolute Gasteiger partial charge is 0.508 e. The maximum atomic E-state index is 11.8. The van der Waals surface area contributed by atoms with Crippen molar-refractivity contribution >= 4 is 34.8 Å². The van der Waals surface area contributed by atoms with Crippen LogP contribution in [0, 0.1) is 0 Å². The Kier molecular flexibility index (Phi) is 4.14. The summed E-state index contributed by atoms with van der Waals surface area (Å²) in [7, 11) is 0. The minimum atomic E-state index is -0.359. The first-order valence-electron chi connectivity index (χ1n) is 5.37. The van der Waals surface area contributed by atoms with Crippen LogP contribution in [0.3, 0.4) is 0 Å². The van der Waals surface area contributed by atoms with Gasteiger partial charge < -0.3 is 5.11 Å². The zero-order chi connectivity index (χ0) is 13.8. The van der Waals surface area contributed by atoms with Gasteiger partial charge in [0.25, 0.3) is 5.91 Å². The molecular formula is C13H10Cl2N2O2. The van der Waals surface area contributed by atoms with E-state index in [0.717, 1.165) is 0 Å². The molecule has 4 nitrogen and oxygen atoms in total. The van der Waals surface area contributed by atoms with Crippen molar-refractivity contribution in [3.05, 3.63) is 58.1 Å². The molecule has 1 amide bonds. The molecular weight excluding hydrogens is 287 g/mol. The van der Waals surface area contributed by atoms with E-state index in [-0.39, 0.29) is 11.7 Å². The molecule has 0 unspecified atom stereocenters.